The van der Waals surface area contributed by atoms with Crippen molar-refractivity contribution < 1.29 is 9.90 Å². The minimum absolute atomic E-state index is 0.0449. The third-order valence-electron chi connectivity index (χ3n) is 2.96. The maximum absolute atomic E-state index is 10.9. The summed E-state index contributed by atoms with van der Waals surface area (Å²) in [6.45, 7) is 0. The molecular formula is C15H13N5O2S. The Morgan fingerprint density at radius 1 is 1.13 bits per heavy atom. The second-order valence-corrected chi connectivity index (χ2v) is 5.68. The van der Waals surface area contributed by atoms with Crippen LogP contribution in [0.25, 0.3) is 11.4 Å². The van der Waals surface area contributed by atoms with Gasteiger partial charge in [-0.2, -0.15) is 0 Å². The molecule has 0 aliphatic rings. The van der Waals surface area contributed by atoms with Crippen molar-refractivity contribution in [1.29, 1.82) is 0 Å². The zero-order valence-corrected chi connectivity index (χ0v) is 12.8. The SMILES string of the molecule is O=C(O)CCc1sc(Nc2ncccn2)nc1-c1ccccn1. The van der Waals surface area contributed by atoms with Gasteiger partial charge in [-0.3, -0.25) is 9.78 Å². The van der Waals surface area contributed by atoms with Gasteiger partial charge in [-0.25, -0.2) is 15.0 Å². The zero-order chi connectivity index (χ0) is 16.1. The van der Waals surface area contributed by atoms with E-state index >= 15 is 0 Å². The number of aliphatic carboxylic acids is 1. The molecule has 3 heterocycles. The summed E-state index contributed by atoms with van der Waals surface area (Å²) < 4.78 is 0. The molecule has 0 fully saturated rings. The van der Waals surface area contributed by atoms with Crippen molar-refractivity contribution in [2.45, 2.75) is 12.8 Å². The van der Waals surface area contributed by atoms with E-state index in [4.69, 9.17) is 5.11 Å². The molecule has 0 aliphatic carbocycles. The maximum atomic E-state index is 10.9. The average Bonchev–Trinajstić information content (AvgIpc) is 2.97. The maximum Gasteiger partial charge on any atom is 0.303 e. The van der Waals surface area contributed by atoms with Crippen LogP contribution in [-0.4, -0.2) is 31.0 Å². The van der Waals surface area contributed by atoms with Crippen molar-refractivity contribution in [3.8, 4) is 11.4 Å². The third-order valence-corrected chi connectivity index (χ3v) is 3.99. The van der Waals surface area contributed by atoms with Crippen LogP contribution in [0.4, 0.5) is 11.1 Å². The van der Waals surface area contributed by atoms with Gasteiger partial charge in [0.25, 0.3) is 0 Å². The van der Waals surface area contributed by atoms with Crippen LogP contribution in [0.15, 0.2) is 42.9 Å². The number of anilines is 2. The van der Waals surface area contributed by atoms with E-state index in [1.807, 2.05) is 18.2 Å². The minimum atomic E-state index is -0.841. The summed E-state index contributed by atoms with van der Waals surface area (Å²) in [5.41, 5.74) is 1.40. The number of pyridine rings is 1. The van der Waals surface area contributed by atoms with Crippen molar-refractivity contribution in [3.63, 3.8) is 0 Å². The van der Waals surface area contributed by atoms with Crippen molar-refractivity contribution in [2.75, 3.05) is 5.32 Å². The van der Waals surface area contributed by atoms with Crippen LogP contribution >= 0.6 is 11.3 Å². The minimum Gasteiger partial charge on any atom is -0.481 e. The van der Waals surface area contributed by atoms with Crippen LogP contribution in [-0.2, 0) is 11.2 Å². The molecule has 0 unspecified atom stereocenters. The molecule has 0 aliphatic heterocycles. The molecule has 8 heteroatoms. The number of carboxylic acid groups (broad SMARTS) is 1. The standard InChI is InChI=1S/C15H13N5O2S/c21-12(22)6-5-11-13(10-4-1-2-7-16-10)19-15(23-11)20-14-17-8-3-9-18-14/h1-4,7-9H,5-6H2,(H,21,22)(H,17,18,19,20). The number of hydrogen-bond donors (Lipinski definition) is 2. The van der Waals surface area contributed by atoms with E-state index in [2.05, 4.69) is 25.3 Å². The van der Waals surface area contributed by atoms with Gasteiger partial charge in [0.1, 0.15) is 5.69 Å². The first-order valence-electron chi connectivity index (χ1n) is 6.89. The van der Waals surface area contributed by atoms with Gasteiger partial charge >= 0.3 is 5.97 Å². The molecule has 0 aromatic carbocycles. The van der Waals surface area contributed by atoms with Gasteiger partial charge in [0.2, 0.25) is 5.95 Å². The van der Waals surface area contributed by atoms with E-state index in [9.17, 15) is 4.79 Å². The lowest BCUT2D eigenvalue weighted by molar-refractivity contribution is -0.136. The summed E-state index contributed by atoms with van der Waals surface area (Å²) in [6, 6.07) is 7.27. The monoisotopic (exact) mass is 327 g/mol. The van der Waals surface area contributed by atoms with E-state index in [1.54, 1.807) is 24.7 Å². The average molecular weight is 327 g/mol. The van der Waals surface area contributed by atoms with Crippen LogP contribution in [0, 0.1) is 0 Å². The van der Waals surface area contributed by atoms with Crippen molar-refractivity contribution in [3.05, 3.63) is 47.7 Å². The Morgan fingerprint density at radius 2 is 1.91 bits per heavy atom. The number of thiazole rings is 1. The highest BCUT2D eigenvalue weighted by atomic mass is 32.1. The number of nitrogens with one attached hydrogen (secondary N) is 1. The van der Waals surface area contributed by atoms with Crippen LogP contribution in [0.2, 0.25) is 0 Å². The Kier molecular flexibility index (Phi) is 4.53. The fraction of sp³-hybridized carbons (Fsp3) is 0.133. The number of rotatable bonds is 6. The number of aromatic nitrogens is 4. The number of hydrogen-bond acceptors (Lipinski definition) is 7. The molecule has 0 saturated heterocycles. The van der Waals surface area contributed by atoms with Gasteiger partial charge in [0.15, 0.2) is 5.13 Å². The molecule has 0 spiro atoms. The predicted octanol–water partition coefficient (Wildman–Crippen LogP) is 2.76. The predicted molar refractivity (Wildman–Crippen MR) is 86.6 cm³/mol. The normalized spacial score (nSPS) is 10.4. The molecule has 2 N–H and O–H groups in total. The smallest absolute Gasteiger partial charge is 0.303 e. The second kappa shape index (κ2) is 6.93. The molecule has 7 nitrogen and oxygen atoms in total. The summed E-state index contributed by atoms with van der Waals surface area (Å²) in [5.74, 6) is -0.398. The molecule has 3 rings (SSSR count). The summed E-state index contributed by atoms with van der Waals surface area (Å²) >= 11 is 1.39. The van der Waals surface area contributed by atoms with Crippen LogP contribution < -0.4 is 5.32 Å². The lowest BCUT2D eigenvalue weighted by Gasteiger charge is -1.99. The topological polar surface area (TPSA) is 101 Å². The largest absolute Gasteiger partial charge is 0.481 e. The van der Waals surface area contributed by atoms with E-state index in [1.165, 1.54) is 11.3 Å². The van der Waals surface area contributed by atoms with E-state index in [0.29, 0.717) is 28.9 Å². The number of nitrogens with zero attached hydrogens (tertiary/aromatic N) is 4. The van der Waals surface area contributed by atoms with Crippen LogP contribution in [0.5, 0.6) is 0 Å². The van der Waals surface area contributed by atoms with Crippen molar-refractivity contribution in [1.82, 2.24) is 19.9 Å². The Morgan fingerprint density at radius 3 is 2.61 bits per heavy atom. The van der Waals surface area contributed by atoms with Crippen molar-refractivity contribution in [2.24, 2.45) is 0 Å². The zero-order valence-electron chi connectivity index (χ0n) is 12.0. The first-order chi connectivity index (χ1) is 11.2. The second-order valence-electron chi connectivity index (χ2n) is 4.60. The molecule has 0 amide bonds. The molecule has 0 atom stereocenters. The van der Waals surface area contributed by atoms with Gasteiger partial charge in [-0.15, -0.1) is 11.3 Å². The molecule has 0 radical (unpaired) electrons. The van der Waals surface area contributed by atoms with Gasteiger partial charge in [0, 0.05) is 23.5 Å². The van der Waals surface area contributed by atoms with E-state index < -0.39 is 5.97 Å². The number of carbonyl (C=O) groups is 1. The third kappa shape index (κ3) is 3.86. The Hall–Kier alpha value is -2.87. The highest BCUT2D eigenvalue weighted by Gasteiger charge is 2.15. The highest BCUT2D eigenvalue weighted by molar-refractivity contribution is 7.16. The lowest BCUT2D eigenvalue weighted by atomic mass is 10.2. The van der Waals surface area contributed by atoms with Crippen molar-refractivity contribution >= 4 is 28.4 Å². The Labute approximate surface area is 136 Å². The number of aryl methyl sites for hydroxylation is 1. The fourth-order valence-electron chi connectivity index (χ4n) is 1.96. The molecule has 3 aromatic rings. The molecular weight excluding hydrogens is 314 g/mol. The summed E-state index contributed by atoms with van der Waals surface area (Å²) in [6.07, 6.45) is 5.39. The summed E-state index contributed by atoms with van der Waals surface area (Å²) in [7, 11) is 0. The molecule has 116 valence electrons. The molecule has 23 heavy (non-hydrogen) atoms. The lowest BCUT2D eigenvalue weighted by Crippen LogP contribution is -1.97. The Balaban J connectivity index is 1.91. The number of carboxylic acids is 1. The molecule has 0 bridgehead atoms. The van der Waals surface area contributed by atoms with Gasteiger partial charge in [-0.05, 0) is 24.6 Å². The van der Waals surface area contributed by atoms with E-state index in [-0.39, 0.29) is 6.42 Å². The first kappa shape index (κ1) is 15.0. The van der Waals surface area contributed by atoms with Crippen LogP contribution in [0.3, 0.4) is 0 Å². The van der Waals surface area contributed by atoms with E-state index in [0.717, 1.165) is 4.88 Å². The van der Waals surface area contributed by atoms with Crippen LogP contribution in [0.1, 0.15) is 11.3 Å². The van der Waals surface area contributed by atoms with Gasteiger partial charge in [0.05, 0.1) is 12.1 Å². The summed E-state index contributed by atoms with van der Waals surface area (Å²) in [4.78, 5) is 28.7. The first-order valence-corrected chi connectivity index (χ1v) is 7.71. The molecule has 3 aromatic heterocycles. The highest BCUT2D eigenvalue weighted by Crippen LogP contribution is 2.32. The quantitative estimate of drug-likeness (QED) is 0.718. The van der Waals surface area contributed by atoms with Gasteiger partial charge < -0.3 is 10.4 Å². The molecule has 0 saturated carbocycles. The Bertz CT molecular complexity index is 792. The summed E-state index contributed by atoms with van der Waals surface area (Å²) in [5, 5.41) is 12.6. The fourth-order valence-corrected chi connectivity index (χ4v) is 2.92. The van der Waals surface area contributed by atoms with Gasteiger partial charge in [-0.1, -0.05) is 6.07 Å².